The Morgan fingerprint density at radius 2 is 1.91 bits per heavy atom. The molecule has 22 heavy (non-hydrogen) atoms. The van der Waals surface area contributed by atoms with Crippen LogP contribution in [0.2, 0.25) is 0 Å². The molecule has 2 fully saturated rings. The maximum atomic E-state index is 5.42. The van der Waals surface area contributed by atoms with Crippen LogP contribution in [0.3, 0.4) is 0 Å². The fourth-order valence-electron chi connectivity index (χ4n) is 3.16. The molecule has 2 aliphatic heterocycles. The lowest BCUT2D eigenvalue weighted by molar-refractivity contribution is -0.0344. The van der Waals surface area contributed by atoms with E-state index in [2.05, 4.69) is 39.4 Å². The summed E-state index contributed by atoms with van der Waals surface area (Å²) in [7, 11) is 0. The van der Waals surface area contributed by atoms with E-state index in [0.717, 1.165) is 44.6 Å². The first-order valence-corrected chi connectivity index (χ1v) is 8.80. The summed E-state index contributed by atoms with van der Waals surface area (Å²) in [5.41, 5.74) is 2.31. The predicted molar refractivity (Wildman–Crippen MR) is 89.0 cm³/mol. The second-order valence-electron chi connectivity index (χ2n) is 5.99. The molecule has 0 spiro atoms. The van der Waals surface area contributed by atoms with Crippen molar-refractivity contribution in [3.63, 3.8) is 0 Å². The van der Waals surface area contributed by atoms with Crippen molar-refractivity contribution in [2.45, 2.75) is 12.6 Å². The van der Waals surface area contributed by atoms with Crippen molar-refractivity contribution >= 4 is 11.3 Å². The van der Waals surface area contributed by atoms with Crippen molar-refractivity contribution in [2.75, 3.05) is 39.4 Å². The van der Waals surface area contributed by atoms with E-state index < -0.39 is 0 Å². The van der Waals surface area contributed by atoms with Crippen LogP contribution in [-0.4, -0.2) is 60.2 Å². The van der Waals surface area contributed by atoms with E-state index in [4.69, 9.17) is 9.72 Å². The summed E-state index contributed by atoms with van der Waals surface area (Å²) < 4.78 is 5.42. The van der Waals surface area contributed by atoms with Gasteiger partial charge in [0.1, 0.15) is 5.01 Å². The second-order valence-corrected chi connectivity index (χ2v) is 6.93. The van der Waals surface area contributed by atoms with E-state index in [-0.39, 0.29) is 0 Å². The van der Waals surface area contributed by atoms with Crippen molar-refractivity contribution in [1.29, 1.82) is 0 Å². The Bertz CT molecular complexity index is 603. The maximum Gasteiger partial charge on any atom is 0.107 e. The average Bonchev–Trinajstić information content (AvgIpc) is 3.01. The summed E-state index contributed by atoms with van der Waals surface area (Å²) in [5.74, 6) is 0. The molecule has 0 amide bonds. The highest BCUT2D eigenvalue weighted by Crippen LogP contribution is 2.24. The van der Waals surface area contributed by atoms with E-state index in [1.807, 2.05) is 6.07 Å². The molecule has 2 saturated heterocycles. The van der Waals surface area contributed by atoms with Gasteiger partial charge in [-0.1, -0.05) is 30.3 Å². The van der Waals surface area contributed by atoms with Gasteiger partial charge >= 0.3 is 0 Å². The molecular formula is C17H21N3OS. The topological polar surface area (TPSA) is 28.6 Å². The first kappa shape index (κ1) is 14.3. The molecule has 4 rings (SSSR count). The number of nitrogens with zero attached hydrogens (tertiary/aromatic N) is 3. The first-order chi connectivity index (χ1) is 10.9. The molecule has 0 bridgehead atoms. The zero-order valence-corrected chi connectivity index (χ0v) is 13.5. The van der Waals surface area contributed by atoms with Crippen molar-refractivity contribution < 1.29 is 4.74 Å². The van der Waals surface area contributed by atoms with Gasteiger partial charge in [-0.3, -0.25) is 9.80 Å². The quantitative estimate of drug-likeness (QED) is 0.866. The highest BCUT2D eigenvalue weighted by molar-refractivity contribution is 7.09. The minimum atomic E-state index is 0.720. The summed E-state index contributed by atoms with van der Waals surface area (Å²) in [4.78, 5) is 9.84. The number of likely N-dealkylation sites (tertiary alicyclic amines) is 1. The van der Waals surface area contributed by atoms with Gasteiger partial charge in [0.25, 0.3) is 0 Å². The van der Waals surface area contributed by atoms with Gasteiger partial charge in [-0.05, 0) is 0 Å². The van der Waals surface area contributed by atoms with Gasteiger partial charge in [0.15, 0.2) is 0 Å². The van der Waals surface area contributed by atoms with Crippen LogP contribution in [0.1, 0.15) is 5.01 Å². The zero-order chi connectivity index (χ0) is 14.8. The molecule has 3 heterocycles. The number of ether oxygens (including phenoxy) is 1. The smallest absolute Gasteiger partial charge is 0.107 e. The van der Waals surface area contributed by atoms with Crippen molar-refractivity contribution in [2.24, 2.45) is 0 Å². The van der Waals surface area contributed by atoms with Crippen LogP contribution in [0.15, 0.2) is 35.7 Å². The largest absolute Gasteiger partial charge is 0.379 e. The molecule has 0 aliphatic carbocycles. The van der Waals surface area contributed by atoms with Crippen LogP contribution in [0.5, 0.6) is 0 Å². The molecule has 0 saturated carbocycles. The fourth-order valence-corrected chi connectivity index (χ4v) is 4.01. The standard InChI is InChI=1S/C17H21N3OS/c1-2-4-14(5-3-1)16-13-22-17(18-16)12-19-10-15(11-19)20-6-8-21-9-7-20/h1-5,13,15H,6-12H2. The molecule has 2 aliphatic rings. The average molecular weight is 315 g/mol. The molecule has 1 aromatic heterocycles. The zero-order valence-electron chi connectivity index (χ0n) is 12.6. The van der Waals surface area contributed by atoms with Crippen LogP contribution >= 0.6 is 11.3 Å². The van der Waals surface area contributed by atoms with Gasteiger partial charge in [-0.15, -0.1) is 11.3 Å². The predicted octanol–water partition coefficient (Wildman–Crippen LogP) is 2.33. The molecule has 0 N–H and O–H groups in total. The van der Waals surface area contributed by atoms with Crippen LogP contribution < -0.4 is 0 Å². The van der Waals surface area contributed by atoms with E-state index in [1.165, 1.54) is 23.7 Å². The Hall–Kier alpha value is -1.27. The summed E-state index contributed by atoms with van der Waals surface area (Å²) in [6.45, 7) is 7.29. The summed E-state index contributed by atoms with van der Waals surface area (Å²) in [6, 6.07) is 11.1. The van der Waals surface area contributed by atoms with Crippen molar-refractivity contribution in [3.8, 4) is 11.3 Å². The Labute approximate surface area is 135 Å². The van der Waals surface area contributed by atoms with Gasteiger partial charge in [-0.25, -0.2) is 4.98 Å². The van der Waals surface area contributed by atoms with Crippen LogP contribution in [0.25, 0.3) is 11.3 Å². The SMILES string of the molecule is c1ccc(-c2csc(CN3CC(N4CCOCC4)C3)n2)cc1. The Morgan fingerprint density at radius 3 is 2.68 bits per heavy atom. The van der Waals surface area contributed by atoms with Gasteiger partial charge in [0, 0.05) is 43.2 Å². The lowest BCUT2D eigenvalue weighted by Gasteiger charge is -2.46. The number of morpholine rings is 1. The van der Waals surface area contributed by atoms with Crippen molar-refractivity contribution in [1.82, 2.24) is 14.8 Å². The normalized spacial score (nSPS) is 20.9. The van der Waals surface area contributed by atoms with Gasteiger partial charge < -0.3 is 4.74 Å². The van der Waals surface area contributed by atoms with E-state index in [0.29, 0.717) is 0 Å². The molecule has 0 radical (unpaired) electrons. The fraction of sp³-hybridized carbons (Fsp3) is 0.471. The summed E-state index contributed by atoms with van der Waals surface area (Å²) in [6.07, 6.45) is 0. The maximum absolute atomic E-state index is 5.42. The number of hydrogen-bond donors (Lipinski definition) is 0. The number of aromatic nitrogens is 1. The highest BCUT2D eigenvalue weighted by Gasteiger charge is 2.32. The lowest BCUT2D eigenvalue weighted by Crippen LogP contribution is -2.60. The van der Waals surface area contributed by atoms with Crippen molar-refractivity contribution in [3.05, 3.63) is 40.7 Å². The third-order valence-corrected chi connectivity index (χ3v) is 5.31. The monoisotopic (exact) mass is 315 g/mol. The molecule has 0 unspecified atom stereocenters. The number of hydrogen-bond acceptors (Lipinski definition) is 5. The van der Waals surface area contributed by atoms with Gasteiger partial charge in [-0.2, -0.15) is 0 Å². The molecule has 2 aromatic rings. The molecule has 5 heteroatoms. The van der Waals surface area contributed by atoms with E-state index in [9.17, 15) is 0 Å². The summed E-state index contributed by atoms with van der Waals surface area (Å²) in [5, 5.41) is 3.39. The van der Waals surface area contributed by atoms with Crippen LogP contribution in [-0.2, 0) is 11.3 Å². The Morgan fingerprint density at radius 1 is 1.14 bits per heavy atom. The van der Waals surface area contributed by atoms with E-state index >= 15 is 0 Å². The second kappa shape index (κ2) is 6.46. The summed E-state index contributed by atoms with van der Waals surface area (Å²) >= 11 is 1.77. The van der Waals surface area contributed by atoms with Gasteiger partial charge in [0.2, 0.25) is 0 Å². The van der Waals surface area contributed by atoms with Crippen LogP contribution in [0, 0.1) is 0 Å². The molecule has 4 nitrogen and oxygen atoms in total. The third kappa shape index (κ3) is 3.08. The van der Waals surface area contributed by atoms with E-state index in [1.54, 1.807) is 11.3 Å². The van der Waals surface area contributed by atoms with Crippen LogP contribution in [0.4, 0.5) is 0 Å². The number of benzene rings is 1. The molecular weight excluding hydrogens is 294 g/mol. The molecule has 1 aromatic carbocycles. The lowest BCUT2D eigenvalue weighted by atomic mass is 10.1. The first-order valence-electron chi connectivity index (χ1n) is 7.92. The minimum Gasteiger partial charge on any atom is -0.379 e. The molecule has 0 atom stereocenters. The van der Waals surface area contributed by atoms with Gasteiger partial charge in [0.05, 0.1) is 25.5 Å². The highest BCUT2D eigenvalue weighted by atomic mass is 32.1. The Balaban J connectivity index is 1.31. The third-order valence-electron chi connectivity index (χ3n) is 4.48. The number of rotatable bonds is 4. The minimum absolute atomic E-state index is 0.720. The number of thiazole rings is 1. The Kier molecular flexibility index (Phi) is 4.21. The molecule has 116 valence electrons.